The first-order valence-electron chi connectivity index (χ1n) is 9.39. The standard InChI is InChI=1S/C20H20N2O7S/c23-19(14-2-1-3-15(12-14)20(24)25)21-6-8-22(9-7-21)30(26,27)16-4-5-17-18(13-16)29-11-10-28-17/h1-5,12-13H,6-11H2,(H,24,25). The lowest BCUT2D eigenvalue weighted by atomic mass is 10.1. The van der Waals surface area contributed by atoms with Crippen LogP contribution in [0.4, 0.5) is 0 Å². The van der Waals surface area contributed by atoms with Crippen LogP contribution in [0.5, 0.6) is 11.5 Å². The van der Waals surface area contributed by atoms with Gasteiger partial charge in [-0.05, 0) is 30.3 Å². The number of carbonyl (C=O) groups excluding carboxylic acids is 1. The molecule has 0 aliphatic carbocycles. The normalized spacial score (nSPS) is 16.9. The zero-order valence-electron chi connectivity index (χ0n) is 16.0. The number of hydrogen-bond acceptors (Lipinski definition) is 6. The van der Waals surface area contributed by atoms with E-state index in [2.05, 4.69) is 0 Å². The van der Waals surface area contributed by atoms with E-state index in [0.29, 0.717) is 24.7 Å². The highest BCUT2D eigenvalue weighted by Crippen LogP contribution is 2.33. The molecule has 9 nitrogen and oxygen atoms in total. The molecule has 0 radical (unpaired) electrons. The maximum atomic E-state index is 13.0. The van der Waals surface area contributed by atoms with Crippen LogP contribution in [0.3, 0.4) is 0 Å². The van der Waals surface area contributed by atoms with Crippen molar-refractivity contribution in [3.63, 3.8) is 0 Å². The number of nitrogens with zero attached hydrogens (tertiary/aromatic N) is 2. The van der Waals surface area contributed by atoms with Crippen LogP contribution in [-0.4, -0.2) is 74.0 Å². The Balaban J connectivity index is 1.45. The zero-order valence-corrected chi connectivity index (χ0v) is 16.8. The molecule has 2 aliphatic heterocycles. The molecule has 0 bridgehead atoms. The van der Waals surface area contributed by atoms with E-state index < -0.39 is 16.0 Å². The molecular weight excluding hydrogens is 412 g/mol. The highest BCUT2D eigenvalue weighted by Gasteiger charge is 2.31. The van der Waals surface area contributed by atoms with Crippen LogP contribution in [0.25, 0.3) is 0 Å². The number of carboxylic acids is 1. The van der Waals surface area contributed by atoms with Crippen molar-refractivity contribution < 1.29 is 32.6 Å². The van der Waals surface area contributed by atoms with Crippen molar-refractivity contribution >= 4 is 21.9 Å². The van der Waals surface area contributed by atoms with Gasteiger partial charge >= 0.3 is 5.97 Å². The van der Waals surface area contributed by atoms with E-state index in [4.69, 9.17) is 14.6 Å². The summed E-state index contributed by atoms with van der Waals surface area (Å²) in [6.45, 7) is 1.48. The first kappa shape index (κ1) is 20.2. The summed E-state index contributed by atoms with van der Waals surface area (Å²) < 4.78 is 38.2. The number of fused-ring (bicyclic) bond motifs is 1. The Labute approximate surface area is 173 Å². The average molecular weight is 432 g/mol. The Morgan fingerprint density at radius 2 is 1.53 bits per heavy atom. The summed E-state index contributed by atoms with van der Waals surface area (Å²) in [5.41, 5.74) is 0.290. The second-order valence-corrected chi connectivity index (χ2v) is 8.83. The molecule has 1 fully saturated rings. The third-order valence-corrected chi connectivity index (χ3v) is 6.93. The van der Waals surface area contributed by atoms with Gasteiger partial charge in [-0.2, -0.15) is 4.31 Å². The summed E-state index contributed by atoms with van der Waals surface area (Å²) in [6, 6.07) is 10.3. The fourth-order valence-corrected chi connectivity index (χ4v) is 4.87. The summed E-state index contributed by atoms with van der Waals surface area (Å²) in [4.78, 5) is 25.4. The molecule has 2 aromatic rings. The third-order valence-electron chi connectivity index (χ3n) is 5.03. The molecule has 1 saturated heterocycles. The lowest BCUT2D eigenvalue weighted by Crippen LogP contribution is -2.50. The van der Waals surface area contributed by atoms with Gasteiger partial charge < -0.3 is 19.5 Å². The third kappa shape index (κ3) is 3.83. The smallest absolute Gasteiger partial charge is 0.335 e. The minimum atomic E-state index is -3.75. The molecule has 0 unspecified atom stereocenters. The molecule has 158 valence electrons. The van der Waals surface area contributed by atoms with Crippen molar-refractivity contribution in [2.75, 3.05) is 39.4 Å². The molecule has 2 aliphatic rings. The number of amides is 1. The maximum Gasteiger partial charge on any atom is 0.335 e. The predicted molar refractivity (Wildman–Crippen MR) is 105 cm³/mol. The highest BCUT2D eigenvalue weighted by atomic mass is 32.2. The van der Waals surface area contributed by atoms with E-state index in [0.717, 1.165) is 0 Å². The van der Waals surface area contributed by atoms with Gasteiger partial charge in [0.15, 0.2) is 11.5 Å². The number of sulfonamides is 1. The van der Waals surface area contributed by atoms with Crippen LogP contribution < -0.4 is 9.47 Å². The first-order valence-corrected chi connectivity index (χ1v) is 10.8. The Morgan fingerprint density at radius 1 is 0.867 bits per heavy atom. The van der Waals surface area contributed by atoms with E-state index in [1.165, 1.54) is 39.5 Å². The molecule has 2 heterocycles. The highest BCUT2D eigenvalue weighted by molar-refractivity contribution is 7.89. The lowest BCUT2D eigenvalue weighted by molar-refractivity contribution is 0.0696. The van der Waals surface area contributed by atoms with Crippen LogP contribution in [-0.2, 0) is 10.0 Å². The summed E-state index contributed by atoms with van der Waals surface area (Å²) in [5, 5.41) is 9.09. The molecule has 1 N–H and O–H groups in total. The number of carboxylic acid groups (broad SMARTS) is 1. The fourth-order valence-electron chi connectivity index (χ4n) is 3.43. The number of rotatable bonds is 4. The number of ether oxygens (including phenoxy) is 2. The van der Waals surface area contributed by atoms with Crippen LogP contribution in [0.15, 0.2) is 47.4 Å². The van der Waals surface area contributed by atoms with Crippen molar-refractivity contribution in [1.29, 1.82) is 0 Å². The average Bonchev–Trinajstić information content (AvgIpc) is 2.78. The van der Waals surface area contributed by atoms with Crippen molar-refractivity contribution in [3.8, 4) is 11.5 Å². The van der Waals surface area contributed by atoms with Gasteiger partial charge in [0.05, 0.1) is 10.5 Å². The molecule has 30 heavy (non-hydrogen) atoms. The van der Waals surface area contributed by atoms with Crippen LogP contribution >= 0.6 is 0 Å². The monoisotopic (exact) mass is 432 g/mol. The van der Waals surface area contributed by atoms with Gasteiger partial charge in [-0.3, -0.25) is 4.79 Å². The van der Waals surface area contributed by atoms with Crippen molar-refractivity contribution in [1.82, 2.24) is 9.21 Å². The molecule has 1 amide bonds. The summed E-state index contributed by atoms with van der Waals surface area (Å²) in [6.07, 6.45) is 0. The molecule has 0 atom stereocenters. The minimum Gasteiger partial charge on any atom is -0.486 e. The number of aromatic carboxylic acids is 1. The topological polar surface area (TPSA) is 113 Å². The molecule has 10 heteroatoms. The maximum absolute atomic E-state index is 13.0. The van der Waals surface area contributed by atoms with Gasteiger partial charge in [-0.25, -0.2) is 13.2 Å². The van der Waals surface area contributed by atoms with E-state index >= 15 is 0 Å². The minimum absolute atomic E-state index is 0.0284. The van der Waals surface area contributed by atoms with Gasteiger partial charge in [0.1, 0.15) is 13.2 Å². The molecule has 0 spiro atoms. The van der Waals surface area contributed by atoms with Crippen molar-refractivity contribution in [2.45, 2.75) is 4.90 Å². The number of hydrogen-bond donors (Lipinski definition) is 1. The molecule has 4 rings (SSSR count). The SMILES string of the molecule is O=C(O)c1cccc(C(=O)N2CCN(S(=O)(=O)c3ccc4c(c3)OCCO4)CC2)c1. The van der Waals surface area contributed by atoms with Crippen molar-refractivity contribution in [3.05, 3.63) is 53.6 Å². The second-order valence-electron chi connectivity index (χ2n) is 6.89. The fraction of sp³-hybridized carbons (Fsp3) is 0.300. The molecular formula is C20H20N2O7S. The summed E-state index contributed by atoms with van der Waals surface area (Å²) in [5.74, 6) is -0.525. The van der Waals surface area contributed by atoms with Gasteiger partial charge in [-0.1, -0.05) is 6.07 Å². The Kier molecular flexibility index (Phi) is 5.35. The summed E-state index contributed by atoms with van der Waals surface area (Å²) >= 11 is 0. The number of piperazine rings is 1. The molecule has 0 aromatic heterocycles. The second kappa shape index (κ2) is 7.96. The zero-order chi connectivity index (χ0) is 21.3. The largest absolute Gasteiger partial charge is 0.486 e. The number of carbonyl (C=O) groups is 2. The molecule has 2 aromatic carbocycles. The van der Waals surface area contributed by atoms with Crippen LogP contribution in [0.2, 0.25) is 0 Å². The van der Waals surface area contributed by atoms with Gasteiger partial charge in [-0.15, -0.1) is 0 Å². The Hall–Kier alpha value is -3.11. The quantitative estimate of drug-likeness (QED) is 0.775. The van der Waals surface area contributed by atoms with Gasteiger partial charge in [0.2, 0.25) is 10.0 Å². The Morgan fingerprint density at radius 3 is 2.23 bits per heavy atom. The van der Waals surface area contributed by atoms with Gasteiger partial charge in [0.25, 0.3) is 5.91 Å². The van der Waals surface area contributed by atoms with Gasteiger partial charge in [0, 0.05) is 37.8 Å². The molecule has 0 saturated carbocycles. The van der Waals surface area contributed by atoms with E-state index in [1.54, 1.807) is 12.1 Å². The van der Waals surface area contributed by atoms with E-state index in [-0.39, 0.29) is 48.1 Å². The number of benzene rings is 2. The lowest BCUT2D eigenvalue weighted by Gasteiger charge is -2.34. The van der Waals surface area contributed by atoms with E-state index in [1.807, 2.05) is 0 Å². The predicted octanol–water partition coefficient (Wildman–Crippen LogP) is 1.30. The van der Waals surface area contributed by atoms with Crippen LogP contribution in [0.1, 0.15) is 20.7 Å². The van der Waals surface area contributed by atoms with Crippen molar-refractivity contribution in [2.24, 2.45) is 0 Å². The first-order chi connectivity index (χ1) is 14.4. The Bertz CT molecular complexity index is 1090. The summed E-state index contributed by atoms with van der Waals surface area (Å²) in [7, 11) is -3.75. The van der Waals surface area contributed by atoms with Crippen LogP contribution in [0, 0.1) is 0 Å². The van der Waals surface area contributed by atoms with E-state index in [9.17, 15) is 18.0 Å².